The fourth-order valence-electron chi connectivity index (χ4n) is 8.69. The van der Waals surface area contributed by atoms with Crippen molar-refractivity contribution in [3.8, 4) is 0 Å². The average Bonchev–Trinajstić information content (AvgIpc) is 3.63. The van der Waals surface area contributed by atoms with Crippen LogP contribution in [0.5, 0.6) is 0 Å². The summed E-state index contributed by atoms with van der Waals surface area (Å²) in [6.45, 7) is 11.3. The van der Waals surface area contributed by atoms with E-state index in [1.165, 1.54) is 96.3 Å². The molecule has 0 saturated heterocycles. The molecule has 0 heterocycles. The van der Waals surface area contributed by atoms with Gasteiger partial charge in [0.05, 0.1) is 18.3 Å². The number of hydrogen-bond acceptors (Lipinski definition) is 3. The molecular formula is C37H60O3. The molecule has 4 fully saturated rings. The first-order valence-electron chi connectivity index (χ1n) is 17.0. The number of unbranched alkanes of at least 4 members (excludes halogenated alkanes) is 7. The monoisotopic (exact) mass is 552 g/mol. The highest BCUT2D eigenvalue weighted by Gasteiger charge is 2.51. The molecule has 3 nitrogen and oxygen atoms in total. The Hall–Kier alpha value is -1.16. The molecule has 4 saturated carbocycles. The van der Waals surface area contributed by atoms with Gasteiger partial charge >= 0.3 is 0 Å². The van der Waals surface area contributed by atoms with E-state index in [0.29, 0.717) is 36.0 Å². The second-order valence-electron chi connectivity index (χ2n) is 14.4. The predicted molar refractivity (Wildman–Crippen MR) is 168 cm³/mol. The third-order valence-electron chi connectivity index (χ3n) is 11.6. The molecule has 0 bridgehead atoms. The van der Waals surface area contributed by atoms with Gasteiger partial charge in [-0.1, -0.05) is 109 Å². The minimum absolute atomic E-state index is 0.166. The van der Waals surface area contributed by atoms with Gasteiger partial charge in [-0.2, -0.15) is 0 Å². The lowest BCUT2D eigenvalue weighted by Gasteiger charge is -2.44. The quantitative estimate of drug-likeness (QED) is 0.149. The summed E-state index contributed by atoms with van der Waals surface area (Å²) in [4.78, 5) is 0. The van der Waals surface area contributed by atoms with Crippen molar-refractivity contribution in [1.82, 2.24) is 0 Å². The van der Waals surface area contributed by atoms with Crippen LogP contribution in [0.2, 0.25) is 0 Å². The minimum atomic E-state index is -0.626. The van der Waals surface area contributed by atoms with Crippen molar-refractivity contribution in [3.05, 3.63) is 47.6 Å². The molecule has 4 rings (SSSR count). The fourth-order valence-corrected chi connectivity index (χ4v) is 8.69. The summed E-state index contributed by atoms with van der Waals surface area (Å²) >= 11 is 0. The lowest BCUT2D eigenvalue weighted by atomic mass is 9.61. The maximum absolute atomic E-state index is 11.2. The van der Waals surface area contributed by atoms with Crippen molar-refractivity contribution in [2.75, 3.05) is 0 Å². The molecule has 0 aromatic carbocycles. The number of hydrogen-bond donors (Lipinski definition) is 3. The van der Waals surface area contributed by atoms with Crippen LogP contribution in [-0.4, -0.2) is 33.6 Å². The first-order valence-corrected chi connectivity index (χ1v) is 17.0. The van der Waals surface area contributed by atoms with Gasteiger partial charge in [0.1, 0.15) is 0 Å². The van der Waals surface area contributed by atoms with Gasteiger partial charge in [-0.15, -0.1) is 0 Å². The van der Waals surface area contributed by atoms with E-state index in [0.717, 1.165) is 17.6 Å². The molecule has 40 heavy (non-hydrogen) atoms. The highest BCUT2D eigenvalue weighted by atomic mass is 16.3. The second kappa shape index (κ2) is 14.3. The van der Waals surface area contributed by atoms with Crippen molar-refractivity contribution in [3.63, 3.8) is 0 Å². The molecule has 0 aromatic heterocycles. The van der Waals surface area contributed by atoms with E-state index < -0.39 is 12.2 Å². The van der Waals surface area contributed by atoms with E-state index in [1.807, 2.05) is 0 Å². The first-order chi connectivity index (χ1) is 19.2. The molecule has 0 aliphatic heterocycles. The number of aliphatic hydroxyl groups is 3. The topological polar surface area (TPSA) is 60.7 Å². The Kier molecular flexibility index (Phi) is 11.4. The van der Waals surface area contributed by atoms with Crippen LogP contribution < -0.4 is 0 Å². The van der Waals surface area contributed by atoms with E-state index in [2.05, 4.69) is 51.7 Å². The van der Waals surface area contributed by atoms with Gasteiger partial charge in [-0.05, 0) is 97.5 Å². The molecule has 0 spiro atoms. The zero-order valence-corrected chi connectivity index (χ0v) is 26.1. The summed E-state index contributed by atoms with van der Waals surface area (Å²) < 4.78 is 0. The molecule has 3 N–H and O–H groups in total. The Balaban J connectivity index is 1.30. The van der Waals surface area contributed by atoms with Gasteiger partial charge in [0, 0.05) is 6.42 Å². The zero-order chi connectivity index (χ0) is 28.8. The molecule has 0 radical (unpaired) electrons. The summed E-state index contributed by atoms with van der Waals surface area (Å²) in [5, 5.41) is 31.6. The molecule has 226 valence electrons. The summed E-state index contributed by atoms with van der Waals surface area (Å²) in [6.07, 6.45) is 29.1. The van der Waals surface area contributed by atoms with Gasteiger partial charge < -0.3 is 15.3 Å². The summed E-state index contributed by atoms with van der Waals surface area (Å²) in [5.74, 6) is 1.73. The third-order valence-corrected chi connectivity index (χ3v) is 11.6. The predicted octanol–water partition coefficient (Wildman–Crippen LogP) is 8.99. The Morgan fingerprint density at radius 1 is 0.950 bits per heavy atom. The Labute approximate surface area is 245 Å². The SMILES string of the molecule is C=C1C(=CC=C2CCC[C@]3(C)[C@@H]([C@H](C)C=C[C@@H](O)C4(CCCCCCCCCC)CC4)CC[C@@H]23)C[C@@H](O)C[C@@H]1O. The standard InChI is InChI=1S/C37H60O3/c1-5-6-7-8-9-10-11-12-22-37(23-24-37)35(40)20-15-27(2)32-18-19-33-29(14-13-21-36(32,33)4)16-17-30-25-31(38)26-34(39)28(30)3/h15-17,20,27,31-35,38-40H,3,5-14,18-19,21-26H2,1-2,4H3/t27-,31-,32-,33+,34+,35-,36-/m1/s1. The number of allylic oxidation sites excluding steroid dienone is 4. The Bertz CT molecular complexity index is 924. The lowest BCUT2D eigenvalue weighted by Crippen LogP contribution is -2.35. The van der Waals surface area contributed by atoms with Crippen LogP contribution in [0, 0.1) is 28.6 Å². The van der Waals surface area contributed by atoms with E-state index in [4.69, 9.17) is 0 Å². The van der Waals surface area contributed by atoms with Crippen LogP contribution in [-0.2, 0) is 0 Å². The number of aliphatic hydroxyl groups excluding tert-OH is 3. The fraction of sp³-hybridized carbons (Fsp3) is 0.784. The second-order valence-corrected chi connectivity index (χ2v) is 14.4. The normalized spacial score (nSPS) is 35.4. The molecule has 7 atom stereocenters. The average molecular weight is 553 g/mol. The molecule has 4 aliphatic carbocycles. The Morgan fingerprint density at radius 3 is 2.35 bits per heavy atom. The van der Waals surface area contributed by atoms with Crippen molar-refractivity contribution in [2.45, 2.75) is 155 Å². The van der Waals surface area contributed by atoms with Gasteiger partial charge in [-0.3, -0.25) is 0 Å². The van der Waals surface area contributed by atoms with Crippen LogP contribution >= 0.6 is 0 Å². The van der Waals surface area contributed by atoms with E-state index in [-0.39, 0.29) is 11.5 Å². The van der Waals surface area contributed by atoms with Crippen LogP contribution in [0.25, 0.3) is 0 Å². The van der Waals surface area contributed by atoms with Gasteiger partial charge in [0.2, 0.25) is 0 Å². The molecule has 0 aromatic rings. The third kappa shape index (κ3) is 7.61. The van der Waals surface area contributed by atoms with Crippen LogP contribution in [0.1, 0.15) is 136 Å². The number of rotatable bonds is 14. The first kappa shape index (κ1) is 31.8. The molecule has 4 aliphatic rings. The maximum Gasteiger partial charge on any atom is 0.0811 e. The van der Waals surface area contributed by atoms with Crippen molar-refractivity contribution in [1.29, 1.82) is 0 Å². The summed E-state index contributed by atoms with van der Waals surface area (Å²) in [6, 6.07) is 0. The van der Waals surface area contributed by atoms with Gasteiger partial charge in [0.25, 0.3) is 0 Å². The van der Waals surface area contributed by atoms with E-state index >= 15 is 0 Å². The van der Waals surface area contributed by atoms with E-state index in [9.17, 15) is 15.3 Å². The highest BCUT2D eigenvalue weighted by molar-refractivity contribution is 5.38. The summed E-state index contributed by atoms with van der Waals surface area (Å²) in [7, 11) is 0. The van der Waals surface area contributed by atoms with Crippen LogP contribution in [0.3, 0.4) is 0 Å². The molecule has 0 unspecified atom stereocenters. The minimum Gasteiger partial charge on any atom is -0.393 e. The highest BCUT2D eigenvalue weighted by Crippen LogP contribution is 2.60. The van der Waals surface area contributed by atoms with Crippen LogP contribution in [0.15, 0.2) is 47.6 Å². The van der Waals surface area contributed by atoms with Gasteiger partial charge in [0.15, 0.2) is 0 Å². The largest absolute Gasteiger partial charge is 0.393 e. The maximum atomic E-state index is 11.2. The molecule has 3 heteroatoms. The van der Waals surface area contributed by atoms with Crippen molar-refractivity contribution in [2.24, 2.45) is 28.6 Å². The molecule has 0 amide bonds. The lowest BCUT2D eigenvalue weighted by molar-refractivity contribution is 0.0862. The number of fused-ring (bicyclic) bond motifs is 1. The summed E-state index contributed by atoms with van der Waals surface area (Å²) in [5.41, 5.74) is 3.79. The van der Waals surface area contributed by atoms with Crippen molar-refractivity contribution < 1.29 is 15.3 Å². The van der Waals surface area contributed by atoms with Gasteiger partial charge in [-0.25, -0.2) is 0 Å². The van der Waals surface area contributed by atoms with Crippen molar-refractivity contribution >= 4 is 0 Å². The van der Waals surface area contributed by atoms with Crippen LogP contribution in [0.4, 0.5) is 0 Å². The smallest absolute Gasteiger partial charge is 0.0811 e. The van der Waals surface area contributed by atoms with E-state index in [1.54, 1.807) is 5.57 Å². The zero-order valence-electron chi connectivity index (χ0n) is 26.1. The Morgan fingerprint density at radius 2 is 1.65 bits per heavy atom. The molecular weight excluding hydrogens is 492 g/mol.